The molecule has 1 N–H and O–H groups in total. The monoisotopic (exact) mass is 270 g/mol. The van der Waals surface area contributed by atoms with Gasteiger partial charge in [0.1, 0.15) is 0 Å². The molecule has 0 rings (SSSR count). The van der Waals surface area contributed by atoms with Gasteiger partial charge in [-0.05, 0) is 59.4 Å². The minimum atomic E-state index is 0.234. The minimum Gasteiger partial charge on any atom is -0.312 e. The molecule has 1 atom stereocenters. The van der Waals surface area contributed by atoms with Gasteiger partial charge in [0.25, 0.3) is 0 Å². The van der Waals surface area contributed by atoms with E-state index in [1.807, 2.05) is 0 Å². The van der Waals surface area contributed by atoms with Crippen LogP contribution >= 0.6 is 0 Å². The Kier molecular flexibility index (Phi) is 8.93. The van der Waals surface area contributed by atoms with Crippen molar-refractivity contribution in [1.29, 1.82) is 0 Å². The van der Waals surface area contributed by atoms with E-state index in [9.17, 15) is 0 Å². The second kappa shape index (κ2) is 8.97. The van der Waals surface area contributed by atoms with Gasteiger partial charge in [-0.25, -0.2) is 0 Å². The molecule has 19 heavy (non-hydrogen) atoms. The highest BCUT2D eigenvalue weighted by Crippen LogP contribution is 2.17. The van der Waals surface area contributed by atoms with E-state index in [1.54, 1.807) is 0 Å². The van der Waals surface area contributed by atoms with Crippen LogP contribution in [0.1, 0.15) is 74.7 Å². The summed E-state index contributed by atoms with van der Waals surface area (Å²) in [5.74, 6) is 0.749. The number of nitrogens with one attached hydrogen (secondary N) is 1. The molecule has 0 bridgehead atoms. The summed E-state index contributed by atoms with van der Waals surface area (Å²) in [5, 5.41) is 3.61. The van der Waals surface area contributed by atoms with E-state index >= 15 is 0 Å². The van der Waals surface area contributed by atoms with Crippen molar-refractivity contribution >= 4 is 0 Å². The summed E-state index contributed by atoms with van der Waals surface area (Å²) in [6.45, 7) is 20.8. The molecule has 0 saturated heterocycles. The Morgan fingerprint density at radius 3 is 1.89 bits per heavy atom. The van der Waals surface area contributed by atoms with E-state index in [2.05, 4.69) is 65.6 Å². The Labute approximate surface area is 122 Å². The third-order valence-electron chi connectivity index (χ3n) is 3.77. The molecular weight excluding hydrogens is 232 g/mol. The van der Waals surface area contributed by atoms with Gasteiger partial charge >= 0.3 is 0 Å². The molecule has 0 heterocycles. The fourth-order valence-corrected chi connectivity index (χ4v) is 2.69. The molecule has 0 aromatic carbocycles. The van der Waals surface area contributed by atoms with E-state index in [1.165, 1.54) is 25.8 Å². The Balaban J connectivity index is 4.41. The molecule has 1 unspecified atom stereocenters. The van der Waals surface area contributed by atoms with Gasteiger partial charge < -0.3 is 5.32 Å². The number of rotatable bonds is 9. The third kappa shape index (κ3) is 8.65. The number of nitrogens with zero attached hydrogens (tertiary/aromatic N) is 1. The van der Waals surface area contributed by atoms with Crippen molar-refractivity contribution in [2.24, 2.45) is 5.92 Å². The van der Waals surface area contributed by atoms with Crippen molar-refractivity contribution in [3.8, 4) is 0 Å². The van der Waals surface area contributed by atoms with Gasteiger partial charge in [-0.2, -0.15) is 0 Å². The maximum Gasteiger partial charge on any atom is 0.00965 e. The van der Waals surface area contributed by atoms with Crippen molar-refractivity contribution in [3.05, 3.63) is 0 Å². The van der Waals surface area contributed by atoms with Crippen molar-refractivity contribution in [2.45, 2.75) is 92.3 Å². The van der Waals surface area contributed by atoms with Gasteiger partial charge in [0.2, 0.25) is 0 Å². The molecule has 0 amide bonds. The van der Waals surface area contributed by atoms with Crippen molar-refractivity contribution in [2.75, 3.05) is 13.1 Å². The maximum atomic E-state index is 3.61. The molecule has 0 saturated carbocycles. The van der Waals surface area contributed by atoms with Crippen molar-refractivity contribution in [3.63, 3.8) is 0 Å². The maximum absolute atomic E-state index is 3.61. The zero-order chi connectivity index (χ0) is 15.1. The molecule has 0 aliphatic heterocycles. The summed E-state index contributed by atoms with van der Waals surface area (Å²) < 4.78 is 0. The predicted octanol–water partition coefficient (Wildman–Crippen LogP) is 4.30. The third-order valence-corrected chi connectivity index (χ3v) is 3.77. The lowest BCUT2D eigenvalue weighted by Crippen LogP contribution is -2.45. The highest BCUT2D eigenvalue weighted by atomic mass is 15.2. The Hall–Kier alpha value is -0.0800. The molecule has 0 spiro atoms. The summed E-state index contributed by atoms with van der Waals surface area (Å²) in [6.07, 6.45) is 3.76. The van der Waals surface area contributed by atoms with Crippen LogP contribution in [0.15, 0.2) is 0 Å². The van der Waals surface area contributed by atoms with E-state index in [4.69, 9.17) is 0 Å². The first-order chi connectivity index (χ1) is 8.71. The van der Waals surface area contributed by atoms with E-state index in [0.29, 0.717) is 6.04 Å². The van der Waals surface area contributed by atoms with Crippen LogP contribution in [0.2, 0.25) is 0 Å². The van der Waals surface area contributed by atoms with Crippen LogP contribution < -0.4 is 5.32 Å². The van der Waals surface area contributed by atoms with Crippen molar-refractivity contribution in [1.82, 2.24) is 10.2 Å². The van der Waals surface area contributed by atoms with Crippen LogP contribution in [0.4, 0.5) is 0 Å². The largest absolute Gasteiger partial charge is 0.312 e. The second-order valence-corrected chi connectivity index (χ2v) is 7.38. The molecule has 0 aliphatic rings. The van der Waals surface area contributed by atoms with Gasteiger partial charge in [-0.15, -0.1) is 0 Å². The van der Waals surface area contributed by atoms with E-state index < -0.39 is 0 Å². The average Bonchev–Trinajstić information content (AvgIpc) is 2.26. The van der Waals surface area contributed by atoms with Gasteiger partial charge in [0, 0.05) is 24.2 Å². The van der Waals surface area contributed by atoms with Crippen LogP contribution in [-0.2, 0) is 0 Å². The molecule has 0 radical (unpaired) electrons. The normalized spacial score (nSPS) is 14.7. The van der Waals surface area contributed by atoms with Crippen LogP contribution in [0.25, 0.3) is 0 Å². The summed E-state index contributed by atoms with van der Waals surface area (Å²) in [4.78, 5) is 2.73. The van der Waals surface area contributed by atoms with Gasteiger partial charge in [0.05, 0.1) is 0 Å². The van der Waals surface area contributed by atoms with Crippen LogP contribution in [-0.4, -0.2) is 35.6 Å². The Morgan fingerprint density at radius 2 is 1.53 bits per heavy atom. The minimum absolute atomic E-state index is 0.234. The fraction of sp³-hybridized carbons (Fsp3) is 1.00. The Morgan fingerprint density at radius 1 is 1.00 bits per heavy atom. The summed E-state index contributed by atoms with van der Waals surface area (Å²) in [6, 6.07) is 1.41. The predicted molar refractivity (Wildman–Crippen MR) is 87.7 cm³/mol. The lowest BCUT2D eigenvalue weighted by atomic mass is 10.0. The molecule has 2 nitrogen and oxygen atoms in total. The molecule has 116 valence electrons. The smallest absolute Gasteiger partial charge is 0.00965 e. The van der Waals surface area contributed by atoms with Gasteiger partial charge in [0.15, 0.2) is 0 Å². The van der Waals surface area contributed by atoms with Crippen LogP contribution in [0.5, 0.6) is 0 Å². The molecule has 0 aromatic heterocycles. The molecule has 2 heteroatoms. The lowest BCUT2D eigenvalue weighted by Gasteiger charge is -2.37. The summed E-state index contributed by atoms with van der Waals surface area (Å²) in [5.41, 5.74) is 0.234. The molecular formula is C17H38N2. The standard InChI is InChI=1S/C17H38N2/c1-9-16(10-2)19(13-14(3)4)15(5)11-12-18-17(6,7)8/h14-16,18H,9-13H2,1-8H3. The number of hydrogen-bond acceptors (Lipinski definition) is 2. The van der Waals surface area contributed by atoms with Crippen LogP contribution in [0, 0.1) is 5.92 Å². The second-order valence-electron chi connectivity index (χ2n) is 7.38. The molecule has 0 aromatic rings. The van der Waals surface area contributed by atoms with Gasteiger partial charge in [-0.1, -0.05) is 27.7 Å². The first-order valence-electron chi connectivity index (χ1n) is 8.22. The first kappa shape index (κ1) is 18.9. The molecule has 0 fully saturated rings. The zero-order valence-electron chi connectivity index (χ0n) is 14.7. The lowest BCUT2D eigenvalue weighted by molar-refractivity contribution is 0.111. The highest BCUT2D eigenvalue weighted by molar-refractivity contribution is 4.78. The fourth-order valence-electron chi connectivity index (χ4n) is 2.69. The topological polar surface area (TPSA) is 15.3 Å². The highest BCUT2D eigenvalue weighted by Gasteiger charge is 2.22. The summed E-state index contributed by atoms with van der Waals surface area (Å²) >= 11 is 0. The SMILES string of the molecule is CCC(CC)N(CC(C)C)C(C)CCNC(C)(C)C. The number of hydrogen-bond donors (Lipinski definition) is 1. The van der Waals surface area contributed by atoms with Crippen LogP contribution in [0.3, 0.4) is 0 Å². The average molecular weight is 271 g/mol. The Bertz CT molecular complexity index is 214. The van der Waals surface area contributed by atoms with E-state index in [-0.39, 0.29) is 5.54 Å². The van der Waals surface area contributed by atoms with Crippen molar-refractivity contribution < 1.29 is 0 Å². The van der Waals surface area contributed by atoms with E-state index in [0.717, 1.165) is 18.5 Å². The summed E-state index contributed by atoms with van der Waals surface area (Å²) in [7, 11) is 0. The zero-order valence-corrected chi connectivity index (χ0v) is 14.7. The molecule has 0 aliphatic carbocycles. The first-order valence-corrected chi connectivity index (χ1v) is 8.22. The quantitative estimate of drug-likeness (QED) is 0.672. The van der Waals surface area contributed by atoms with Gasteiger partial charge in [-0.3, -0.25) is 4.90 Å².